The van der Waals surface area contributed by atoms with Crippen LogP contribution in [0.2, 0.25) is 0 Å². The largest absolute Gasteiger partial charge is 0.315 e. The van der Waals surface area contributed by atoms with E-state index in [4.69, 9.17) is 5.10 Å². The molecule has 1 saturated heterocycles. The van der Waals surface area contributed by atoms with Gasteiger partial charge in [-0.25, -0.2) is 4.98 Å². The van der Waals surface area contributed by atoms with Gasteiger partial charge in [0.25, 0.3) is 5.91 Å². The topological polar surface area (TPSA) is 103 Å². The van der Waals surface area contributed by atoms with Crippen LogP contribution < -0.4 is 10.6 Å². The molecule has 5 rings (SSSR count). The Morgan fingerprint density at radius 1 is 1.15 bits per heavy atom. The molecule has 1 atom stereocenters. The molecule has 0 bridgehead atoms. The zero-order valence-corrected chi connectivity index (χ0v) is 19.0. The smallest absolute Gasteiger partial charge is 0.256 e. The van der Waals surface area contributed by atoms with Crippen molar-refractivity contribution in [3.8, 4) is 22.5 Å². The van der Waals surface area contributed by atoms with Crippen molar-refractivity contribution in [3.63, 3.8) is 0 Å². The number of halogens is 1. The molecule has 170 valence electrons. The molecule has 10 heteroatoms. The second-order valence-corrected chi connectivity index (χ2v) is 7.86. The van der Waals surface area contributed by atoms with Gasteiger partial charge in [0.15, 0.2) is 0 Å². The van der Waals surface area contributed by atoms with Crippen molar-refractivity contribution >= 4 is 24.1 Å². The predicted octanol–water partition coefficient (Wildman–Crippen LogP) is 3.34. The molecule has 33 heavy (non-hydrogen) atoms. The molecule has 0 radical (unpaired) electrons. The number of anilines is 1. The molecule has 3 aromatic heterocycles. The van der Waals surface area contributed by atoms with Crippen LogP contribution in [0.4, 0.5) is 5.82 Å². The summed E-state index contributed by atoms with van der Waals surface area (Å²) in [4.78, 5) is 17.4. The van der Waals surface area contributed by atoms with Crippen molar-refractivity contribution in [2.45, 2.75) is 18.9 Å². The lowest BCUT2D eigenvalue weighted by atomic mass is 10.0. The minimum atomic E-state index is -0.230. The average molecular weight is 465 g/mol. The molecular formula is C23H25ClN8O. The number of carbonyl (C=O) groups excluding carboxylic acids is 1. The van der Waals surface area contributed by atoms with Gasteiger partial charge in [-0.2, -0.15) is 5.10 Å². The number of benzene rings is 1. The molecule has 0 saturated carbocycles. The lowest BCUT2D eigenvalue weighted by Gasteiger charge is -2.23. The van der Waals surface area contributed by atoms with E-state index in [9.17, 15) is 4.79 Å². The lowest BCUT2D eigenvalue weighted by Crippen LogP contribution is -2.31. The van der Waals surface area contributed by atoms with Crippen molar-refractivity contribution in [3.05, 3.63) is 66.6 Å². The molecule has 1 aliphatic rings. The summed E-state index contributed by atoms with van der Waals surface area (Å²) in [6.45, 7) is 1.93. The molecule has 1 fully saturated rings. The Kier molecular flexibility index (Phi) is 6.81. The molecule has 0 unspecified atom stereocenters. The second kappa shape index (κ2) is 9.93. The van der Waals surface area contributed by atoms with Gasteiger partial charge < -0.3 is 10.6 Å². The van der Waals surface area contributed by atoms with Crippen molar-refractivity contribution < 1.29 is 4.79 Å². The highest BCUT2D eigenvalue weighted by Crippen LogP contribution is 2.35. The highest BCUT2D eigenvalue weighted by atomic mass is 35.5. The number of pyridine rings is 1. The van der Waals surface area contributed by atoms with Crippen LogP contribution in [-0.4, -0.2) is 48.8 Å². The monoisotopic (exact) mass is 464 g/mol. The number of nitrogens with one attached hydrogen (secondary N) is 2. The summed E-state index contributed by atoms with van der Waals surface area (Å²) in [5.41, 5.74) is 3.51. The SMILES string of the molecule is Cl.Cn1cc(-c2ccnc(NC(=O)c3ccccc3)c2-c2ccn([C@@H]3CCCNC3)n2)nn1. The van der Waals surface area contributed by atoms with E-state index >= 15 is 0 Å². The van der Waals surface area contributed by atoms with Crippen LogP contribution in [0, 0.1) is 0 Å². The van der Waals surface area contributed by atoms with E-state index in [-0.39, 0.29) is 18.3 Å². The number of piperidine rings is 1. The van der Waals surface area contributed by atoms with Crippen LogP contribution >= 0.6 is 12.4 Å². The zero-order valence-electron chi connectivity index (χ0n) is 18.2. The van der Waals surface area contributed by atoms with Crippen LogP contribution in [0.5, 0.6) is 0 Å². The molecule has 9 nitrogen and oxygen atoms in total. The summed E-state index contributed by atoms with van der Waals surface area (Å²) < 4.78 is 3.64. The standard InChI is InChI=1S/C23H24N8O.ClH/c1-30-15-20(27-29-30)18-9-12-25-22(26-23(32)16-6-3-2-4-7-16)21(18)19-10-13-31(28-19)17-8-5-11-24-14-17;/h2-4,6-7,9-10,12-13,15,17,24H,5,8,11,14H2,1H3,(H,25,26,32);1H/t17-;/m1./s1. The Morgan fingerprint density at radius 3 is 2.73 bits per heavy atom. The Bertz CT molecular complexity index is 1230. The van der Waals surface area contributed by atoms with E-state index in [0.29, 0.717) is 23.1 Å². The first-order valence-electron chi connectivity index (χ1n) is 10.7. The van der Waals surface area contributed by atoms with Crippen molar-refractivity contribution in [1.29, 1.82) is 0 Å². The van der Waals surface area contributed by atoms with Crippen molar-refractivity contribution in [2.24, 2.45) is 7.05 Å². The molecule has 1 aliphatic heterocycles. The number of hydrogen-bond donors (Lipinski definition) is 2. The zero-order chi connectivity index (χ0) is 21.9. The summed E-state index contributed by atoms with van der Waals surface area (Å²) in [6.07, 6.45) is 7.69. The van der Waals surface area contributed by atoms with Crippen molar-refractivity contribution in [2.75, 3.05) is 18.4 Å². The first-order chi connectivity index (χ1) is 15.7. The van der Waals surface area contributed by atoms with Crippen LogP contribution in [0.1, 0.15) is 29.2 Å². The van der Waals surface area contributed by atoms with Gasteiger partial charge in [-0.05, 0) is 43.7 Å². The first kappa shape index (κ1) is 22.6. The predicted molar refractivity (Wildman–Crippen MR) is 128 cm³/mol. The molecule has 0 spiro atoms. The normalized spacial score (nSPS) is 15.6. The van der Waals surface area contributed by atoms with Crippen LogP contribution in [-0.2, 0) is 7.05 Å². The highest BCUT2D eigenvalue weighted by molar-refractivity contribution is 6.06. The fraction of sp³-hybridized carbons (Fsp3) is 0.261. The Balaban J connectivity index is 0.00000259. The fourth-order valence-corrected chi connectivity index (χ4v) is 4.00. The van der Waals surface area contributed by atoms with E-state index < -0.39 is 0 Å². The highest BCUT2D eigenvalue weighted by Gasteiger charge is 2.22. The summed E-state index contributed by atoms with van der Waals surface area (Å²) in [7, 11) is 1.82. The number of nitrogens with zero attached hydrogens (tertiary/aromatic N) is 6. The Labute approximate surface area is 197 Å². The van der Waals surface area contributed by atoms with E-state index in [1.54, 1.807) is 23.0 Å². The number of hydrogen-bond acceptors (Lipinski definition) is 6. The van der Waals surface area contributed by atoms with E-state index in [2.05, 4.69) is 25.9 Å². The van der Waals surface area contributed by atoms with E-state index in [1.165, 1.54) is 0 Å². The van der Waals surface area contributed by atoms with E-state index in [1.807, 2.05) is 54.5 Å². The van der Waals surface area contributed by atoms with Gasteiger partial charge in [-0.3, -0.25) is 14.2 Å². The average Bonchev–Trinajstić information content (AvgIpc) is 3.49. The van der Waals surface area contributed by atoms with Crippen molar-refractivity contribution in [1.82, 2.24) is 35.1 Å². The van der Waals surface area contributed by atoms with Gasteiger partial charge >= 0.3 is 0 Å². The number of rotatable bonds is 5. The maximum absolute atomic E-state index is 12.9. The number of amides is 1. The number of aryl methyl sites for hydroxylation is 1. The minimum absolute atomic E-state index is 0. The Hall–Kier alpha value is -3.56. The van der Waals surface area contributed by atoms with Crippen LogP contribution in [0.25, 0.3) is 22.5 Å². The summed E-state index contributed by atoms with van der Waals surface area (Å²) in [5, 5.41) is 19.6. The molecule has 4 aromatic rings. The quantitative estimate of drug-likeness (QED) is 0.469. The molecular weight excluding hydrogens is 440 g/mol. The fourth-order valence-electron chi connectivity index (χ4n) is 4.00. The maximum atomic E-state index is 12.9. The molecule has 1 amide bonds. The molecule has 0 aliphatic carbocycles. The van der Waals surface area contributed by atoms with Crippen LogP contribution in [0.3, 0.4) is 0 Å². The van der Waals surface area contributed by atoms with Crippen LogP contribution in [0.15, 0.2) is 61.1 Å². The van der Waals surface area contributed by atoms with Gasteiger partial charge in [-0.1, -0.05) is 23.4 Å². The number of aromatic nitrogens is 6. The van der Waals surface area contributed by atoms with E-state index in [0.717, 1.165) is 42.8 Å². The summed E-state index contributed by atoms with van der Waals surface area (Å²) in [5.74, 6) is 0.209. The molecule has 1 aromatic carbocycles. The third-order valence-corrected chi connectivity index (χ3v) is 5.61. The summed E-state index contributed by atoms with van der Waals surface area (Å²) >= 11 is 0. The number of carbonyl (C=O) groups is 1. The minimum Gasteiger partial charge on any atom is -0.315 e. The maximum Gasteiger partial charge on any atom is 0.256 e. The lowest BCUT2D eigenvalue weighted by molar-refractivity contribution is 0.102. The molecule has 4 heterocycles. The van der Waals surface area contributed by atoms with Gasteiger partial charge in [0, 0.05) is 37.1 Å². The van der Waals surface area contributed by atoms with Gasteiger partial charge in [-0.15, -0.1) is 17.5 Å². The van der Waals surface area contributed by atoms with Gasteiger partial charge in [0.2, 0.25) is 0 Å². The van der Waals surface area contributed by atoms with Gasteiger partial charge in [0.1, 0.15) is 11.5 Å². The first-order valence-corrected chi connectivity index (χ1v) is 10.7. The third-order valence-electron chi connectivity index (χ3n) is 5.61. The van der Waals surface area contributed by atoms with Gasteiger partial charge in [0.05, 0.1) is 23.5 Å². The molecule has 2 N–H and O–H groups in total. The third kappa shape index (κ3) is 4.79. The summed E-state index contributed by atoms with van der Waals surface area (Å²) in [6, 6.07) is 13.2. The second-order valence-electron chi connectivity index (χ2n) is 7.86. The Morgan fingerprint density at radius 2 is 2.00 bits per heavy atom.